The fourth-order valence-electron chi connectivity index (χ4n) is 2.72. The first kappa shape index (κ1) is 21.0. The van der Waals surface area contributed by atoms with Gasteiger partial charge in [-0.1, -0.05) is 5.16 Å². The molecule has 1 aliphatic heterocycles. The third-order valence-electron chi connectivity index (χ3n) is 4.12. The van der Waals surface area contributed by atoms with Crippen LogP contribution in [0.1, 0.15) is 32.1 Å². The first-order valence-corrected chi connectivity index (χ1v) is 8.36. The van der Waals surface area contributed by atoms with Crippen molar-refractivity contribution in [2.75, 3.05) is 0 Å². The summed E-state index contributed by atoms with van der Waals surface area (Å²) in [5, 5.41) is 3.24. The highest BCUT2D eigenvalue weighted by Crippen LogP contribution is 2.51. The number of alkyl halides is 6. The Balaban J connectivity index is 2.10. The number of benzene rings is 1. The number of hydrogen-bond donors (Lipinski definition) is 1. The van der Waals surface area contributed by atoms with Gasteiger partial charge in [0.2, 0.25) is 0 Å². The summed E-state index contributed by atoms with van der Waals surface area (Å²) in [6.07, 6.45) is -12.0. The predicted molar refractivity (Wildman–Crippen MR) is 84.2 cm³/mol. The Bertz CT molecular complexity index is 1010. The summed E-state index contributed by atoms with van der Waals surface area (Å²) in [5.74, 6) is -4.81. The van der Waals surface area contributed by atoms with E-state index in [1.807, 2.05) is 0 Å². The van der Waals surface area contributed by atoms with Crippen molar-refractivity contribution >= 4 is 23.0 Å². The largest absolute Gasteiger partial charge is 0.435 e. The summed E-state index contributed by atoms with van der Waals surface area (Å²) < 4.78 is 108. The third-order valence-corrected chi connectivity index (χ3v) is 5.27. The molecule has 0 saturated carbocycles. The van der Waals surface area contributed by atoms with Crippen molar-refractivity contribution in [2.24, 2.45) is 10.9 Å². The van der Waals surface area contributed by atoms with Crippen LogP contribution >= 0.6 is 11.3 Å². The molecule has 2 aromatic rings. The lowest BCUT2D eigenvalue weighted by molar-refractivity contribution is -0.277. The molecule has 1 amide bonds. The average Bonchev–Trinajstić information content (AvgIpc) is 3.20. The maximum absolute atomic E-state index is 14.2. The quantitative estimate of drug-likeness (QED) is 0.696. The Kier molecular flexibility index (Phi) is 4.84. The second-order valence-corrected chi connectivity index (χ2v) is 7.05. The lowest BCUT2D eigenvalue weighted by atomic mass is 9.86. The zero-order chi connectivity index (χ0) is 21.8. The molecular formula is C16H8F8N2O2S. The van der Waals surface area contributed by atoms with E-state index in [1.54, 1.807) is 0 Å². The van der Waals surface area contributed by atoms with Gasteiger partial charge >= 0.3 is 12.4 Å². The molecule has 0 radical (unpaired) electrons. The van der Waals surface area contributed by atoms with Crippen LogP contribution in [0.3, 0.4) is 0 Å². The van der Waals surface area contributed by atoms with Gasteiger partial charge in [0.25, 0.3) is 11.5 Å². The molecule has 0 aliphatic carbocycles. The van der Waals surface area contributed by atoms with Crippen LogP contribution in [0.5, 0.6) is 0 Å². The molecule has 1 aromatic carbocycles. The van der Waals surface area contributed by atoms with E-state index in [9.17, 15) is 39.9 Å². The van der Waals surface area contributed by atoms with Crippen LogP contribution in [0, 0.1) is 11.6 Å². The SMILES string of the molecule is NC(=O)c1ccc(C2=NO[C@](c3cc(C(F)(F)F)c(F)cc3F)(C(F)(F)F)C2)s1. The maximum atomic E-state index is 14.2. The van der Waals surface area contributed by atoms with Crippen molar-refractivity contribution in [3.8, 4) is 0 Å². The van der Waals surface area contributed by atoms with Crippen molar-refractivity contribution in [2.45, 2.75) is 24.4 Å². The van der Waals surface area contributed by atoms with Gasteiger partial charge < -0.3 is 10.6 Å². The Morgan fingerprint density at radius 1 is 1.10 bits per heavy atom. The number of rotatable bonds is 3. The fourth-order valence-corrected chi connectivity index (χ4v) is 3.55. The lowest BCUT2D eigenvalue weighted by Gasteiger charge is -2.30. The van der Waals surface area contributed by atoms with Gasteiger partial charge in [-0.2, -0.15) is 26.3 Å². The number of amides is 1. The number of nitrogens with two attached hydrogens (primary N) is 1. The van der Waals surface area contributed by atoms with Gasteiger partial charge in [0.05, 0.1) is 21.7 Å². The van der Waals surface area contributed by atoms with E-state index in [1.165, 1.54) is 12.1 Å². The molecule has 0 fully saturated rings. The van der Waals surface area contributed by atoms with Crippen LogP contribution in [0.4, 0.5) is 35.1 Å². The van der Waals surface area contributed by atoms with Crippen LogP contribution in [-0.4, -0.2) is 17.8 Å². The van der Waals surface area contributed by atoms with Gasteiger partial charge in [-0.05, 0) is 18.2 Å². The minimum Gasteiger partial charge on any atom is -0.374 e. The molecule has 1 aromatic heterocycles. The van der Waals surface area contributed by atoms with Gasteiger partial charge in [-0.3, -0.25) is 4.79 Å². The molecule has 1 atom stereocenters. The standard InChI is InChI=1S/C16H8F8N2O2S/c17-8-4-9(18)7(15(19,20)21)3-6(8)14(16(22,23)24)5-10(26-28-14)11-1-2-12(29-11)13(25)27/h1-4H,5H2,(H2,25,27)/t14-/m1/s1. The lowest BCUT2D eigenvalue weighted by Crippen LogP contribution is -2.43. The fraction of sp³-hybridized carbons (Fsp3) is 0.250. The van der Waals surface area contributed by atoms with E-state index in [-0.39, 0.29) is 21.9 Å². The molecule has 29 heavy (non-hydrogen) atoms. The van der Waals surface area contributed by atoms with Crippen LogP contribution in [0.2, 0.25) is 0 Å². The van der Waals surface area contributed by atoms with Gasteiger partial charge in [-0.25, -0.2) is 8.78 Å². The van der Waals surface area contributed by atoms with E-state index in [0.717, 1.165) is 0 Å². The third kappa shape index (κ3) is 3.54. The van der Waals surface area contributed by atoms with Crippen molar-refractivity contribution in [1.29, 1.82) is 0 Å². The van der Waals surface area contributed by atoms with Gasteiger partial charge in [0.15, 0.2) is 0 Å². The predicted octanol–water partition coefficient (Wildman–Crippen LogP) is 4.73. The van der Waals surface area contributed by atoms with Gasteiger partial charge in [-0.15, -0.1) is 11.3 Å². The minimum absolute atomic E-state index is 0.0143. The zero-order valence-corrected chi connectivity index (χ0v) is 14.6. The highest BCUT2D eigenvalue weighted by atomic mass is 32.1. The number of carbonyl (C=O) groups is 1. The van der Waals surface area contributed by atoms with Gasteiger partial charge in [0, 0.05) is 11.6 Å². The van der Waals surface area contributed by atoms with Crippen molar-refractivity contribution in [3.63, 3.8) is 0 Å². The number of primary amides is 1. The summed E-state index contributed by atoms with van der Waals surface area (Å²) in [5.41, 5.74) is -2.59. The van der Waals surface area contributed by atoms with E-state index in [4.69, 9.17) is 5.73 Å². The second kappa shape index (κ2) is 6.68. The molecule has 3 rings (SSSR count). The number of halogens is 8. The molecule has 156 valence electrons. The molecule has 2 heterocycles. The summed E-state index contributed by atoms with van der Waals surface area (Å²) in [6.45, 7) is 0. The average molecular weight is 444 g/mol. The molecule has 2 N–H and O–H groups in total. The van der Waals surface area contributed by atoms with Crippen LogP contribution in [0.25, 0.3) is 0 Å². The van der Waals surface area contributed by atoms with Crippen LogP contribution in [0.15, 0.2) is 29.4 Å². The molecule has 0 spiro atoms. The minimum atomic E-state index is -5.41. The van der Waals surface area contributed by atoms with Crippen LogP contribution in [-0.2, 0) is 16.6 Å². The first-order valence-electron chi connectivity index (χ1n) is 7.55. The normalized spacial score (nSPS) is 19.8. The maximum Gasteiger partial charge on any atom is 0.435 e. The highest BCUT2D eigenvalue weighted by Gasteiger charge is 2.64. The summed E-state index contributed by atoms with van der Waals surface area (Å²) in [6, 6.07) is 1.85. The van der Waals surface area contributed by atoms with Crippen molar-refractivity contribution in [3.05, 3.63) is 56.8 Å². The number of hydrogen-bond acceptors (Lipinski definition) is 4. The van der Waals surface area contributed by atoms with Crippen molar-refractivity contribution in [1.82, 2.24) is 0 Å². The Morgan fingerprint density at radius 2 is 1.76 bits per heavy atom. The molecule has 4 nitrogen and oxygen atoms in total. The summed E-state index contributed by atoms with van der Waals surface area (Å²) in [7, 11) is 0. The van der Waals surface area contributed by atoms with Crippen LogP contribution < -0.4 is 5.73 Å². The van der Waals surface area contributed by atoms with Gasteiger partial charge in [0.1, 0.15) is 17.3 Å². The number of carbonyl (C=O) groups excluding carboxylic acids is 1. The first-order chi connectivity index (χ1) is 13.3. The molecule has 0 saturated heterocycles. The van der Waals surface area contributed by atoms with E-state index in [2.05, 4.69) is 9.99 Å². The number of thiophene rings is 1. The smallest absolute Gasteiger partial charge is 0.374 e. The Labute approximate surface area is 160 Å². The molecular weight excluding hydrogens is 436 g/mol. The van der Waals surface area contributed by atoms with E-state index >= 15 is 0 Å². The second-order valence-electron chi connectivity index (χ2n) is 5.97. The molecule has 1 aliphatic rings. The van der Waals surface area contributed by atoms with E-state index < -0.39 is 58.8 Å². The summed E-state index contributed by atoms with van der Waals surface area (Å²) in [4.78, 5) is 15.6. The molecule has 13 heteroatoms. The zero-order valence-electron chi connectivity index (χ0n) is 13.8. The number of oxime groups is 1. The Morgan fingerprint density at radius 3 is 2.28 bits per heavy atom. The Hall–Kier alpha value is -2.70. The molecule has 0 bridgehead atoms. The summed E-state index contributed by atoms with van der Waals surface area (Å²) >= 11 is 0.672. The topological polar surface area (TPSA) is 64.7 Å². The van der Waals surface area contributed by atoms with Crippen molar-refractivity contribution < 1.29 is 44.8 Å². The van der Waals surface area contributed by atoms with E-state index in [0.29, 0.717) is 11.3 Å². The highest BCUT2D eigenvalue weighted by molar-refractivity contribution is 7.16. The molecule has 0 unspecified atom stereocenters. The monoisotopic (exact) mass is 444 g/mol. The number of nitrogens with zero attached hydrogens (tertiary/aromatic N) is 1.